The molecule has 2 bridgehead atoms. The Labute approximate surface area is 184 Å². The molecule has 2 N–H and O–H groups in total. The van der Waals surface area contributed by atoms with Crippen molar-refractivity contribution in [3.05, 3.63) is 28.8 Å². The minimum absolute atomic E-state index is 0.0349. The number of nitrogens with zero attached hydrogens (tertiary/aromatic N) is 1. The molecule has 2 saturated carbocycles. The van der Waals surface area contributed by atoms with Crippen LogP contribution in [-0.4, -0.2) is 39.5 Å². The van der Waals surface area contributed by atoms with Crippen LogP contribution < -0.4 is 5.32 Å². The molecule has 5 unspecified atom stereocenters. The van der Waals surface area contributed by atoms with Gasteiger partial charge in [-0.05, 0) is 108 Å². The topological polar surface area (TPSA) is 52.6 Å². The van der Waals surface area contributed by atoms with E-state index < -0.39 is 11.1 Å². The summed E-state index contributed by atoms with van der Waals surface area (Å²) in [6.45, 7) is 10.1. The zero-order chi connectivity index (χ0) is 21.6. The van der Waals surface area contributed by atoms with Gasteiger partial charge in [-0.3, -0.25) is 4.79 Å². The Kier molecular flexibility index (Phi) is 6.65. The maximum atomic E-state index is 13.3. The van der Waals surface area contributed by atoms with Crippen molar-refractivity contribution in [3.8, 4) is 0 Å². The number of carbonyl (C=O) groups excluding carboxylic acids is 1. The van der Waals surface area contributed by atoms with Gasteiger partial charge in [-0.2, -0.15) is 0 Å². The second kappa shape index (κ2) is 8.41. The molecule has 0 spiro atoms. The van der Waals surface area contributed by atoms with Gasteiger partial charge in [-0.25, -0.2) is 4.31 Å². The molecule has 0 saturated heterocycles. The van der Waals surface area contributed by atoms with E-state index in [1.807, 2.05) is 57.2 Å². The molecule has 0 aliphatic heterocycles. The van der Waals surface area contributed by atoms with Crippen LogP contribution in [0.15, 0.2) is 23.1 Å². The van der Waals surface area contributed by atoms with Crippen LogP contribution in [0, 0.1) is 24.7 Å². The van der Waals surface area contributed by atoms with Crippen molar-refractivity contribution >= 4 is 29.5 Å². The predicted octanol–water partition coefficient (Wildman–Crippen LogP) is 5.06. The normalized spacial score (nSPS) is 32.3. The van der Waals surface area contributed by atoms with Gasteiger partial charge in [0.2, 0.25) is 5.91 Å². The van der Waals surface area contributed by atoms with Crippen molar-refractivity contribution in [2.24, 2.45) is 17.8 Å². The fourth-order valence-electron chi connectivity index (χ4n) is 5.13. The molecule has 4 nitrogen and oxygen atoms in total. The lowest BCUT2D eigenvalue weighted by Crippen LogP contribution is -2.59. The number of amides is 1. The first kappa shape index (κ1) is 22.9. The average molecular weight is 439 g/mol. The smallest absolute Gasteiger partial charge is 0.241 e. The summed E-state index contributed by atoms with van der Waals surface area (Å²) >= 11 is 7.81. The molecule has 5 atom stereocenters. The second-order valence-electron chi connectivity index (χ2n) is 9.99. The van der Waals surface area contributed by atoms with Gasteiger partial charge in [-0.15, -0.1) is 0 Å². The van der Waals surface area contributed by atoms with Gasteiger partial charge in [0.05, 0.1) is 5.60 Å². The number of likely N-dealkylation sites (N-methyl/N-ethyl adjacent to an activating group) is 1. The zero-order valence-corrected chi connectivity index (χ0v) is 20.0. The maximum Gasteiger partial charge on any atom is 0.241 e. The van der Waals surface area contributed by atoms with Gasteiger partial charge < -0.3 is 10.4 Å². The SMILES string of the molecule is Cc1c(Cl)cccc1SN(C)C(C)(C)C(=O)NC1C(C)CC2CC1CC(C)(O)C2. The van der Waals surface area contributed by atoms with E-state index in [0.29, 0.717) is 17.8 Å². The fourth-order valence-corrected chi connectivity index (χ4v) is 6.36. The van der Waals surface area contributed by atoms with Gasteiger partial charge >= 0.3 is 0 Å². The van der Waals surface area contributed by atoms with Gasteiger partial charge in [0, 0.05) is 16.0 Å². The molecule has 1 aromatic rings. The molecular weight excluding hydrogens is 404 g/mol. The lowest BCUT2D eigenvalue weighted by Gasteiger charge is -2.50. The number of rotatable bonds is 5. The monoisotopic (exact) mass is 438 g/mol. The van der Waals surface area contributed by atoms with E-state index in [1.165, 1.54) is 0 Å². The number of benzene rings is 1. The van der Waals surface area contributed by atoms with Crippen molar-refractivity contribution in [2.75, 3.05) is 7.05 Å². The lowest BCUT2D eigenvalue weighted by molar-refractivity contribution is -0.132. The zero-order valence-electron chi connectivity index (χ0n) is 18.5. The molecule has 2 aliphatic rings. The molecule has 0 radical (unpaired) electrons. The van der Waals surface area contributed by atoms with Crippen LogP contribution in [0.25, 0.3) is 0 Å². The number of hydrogen-bond acceptors (Lipinski definition) is 4. The number of nitrogens with one attached hydrogen (secondary N) is 1. The number of aliphatic hydroxyl groups is 1. The first-order chi connectivity index (χ1) is 13.4. The van der Waals surface area contributed by atoms with Crippen LogP contribution >= 0.6 is 23.5 Å². The summed E-state index contributed by atoms with van der Waals surface area (Å²) in [4.78, 5) is 14.4. The van der Waals surface area contributed by atoms with Crippen LogP contribution in [0.1, 0.15) is 58.9 Å². The van der Waals surface area contributed by atoms with Crippen LogP contribution in [-0.2, 0) is 4.79 Å². The van der Waals surface area contributed by atoms with Crippen molar-refractivity contribution in [3.63, 3.8) is 0 Å². The third-order valence-electron chi connectivity index (χ3n) is 6.99. The molecule has 1 amide bonds. The van der Waals surface area contributed by atoms with E-state index in [1.54, 1.807) is 11.9 Å². The van der Waals surface area contributed by atoms with Gasteiger partial charge in [-0.1, -0.05) is 24.6 Å². The van der Waals surface area contributed by atoms with Crippen LogP contribution in [0.3, 0.4) is 0 Å². The van der Waals surface area contributed by atoms with E-state index in [0.717, 1.165) is 41.2 Å². The lowest BCUT2D eigenvalue weighted by atomic mass is 9.61. The molecule has 0 heterocycles. The van der Waals surface area contributed by atoms with E-state index >= 15 is 0 Å². The van der Waals surface area contributed by atoms with Crippen molar-refractivity contribution in [2.45, 2.75) is 82.4 Å². The Bertz CT molecular complexity index is 765. The molecule has 6 heteroatoms. The first-order valence-corrected chi connectivity index (χ1v) is 11.8. The molecule has 29 heavy (non-hydrogen) atoms. The van der Waals surface area contributed by atoms with Gasteiger partial charge in [0.25, 0.3) is 0 Å². The highest BCUT2D eigenvalue weighted by Crippen LogP contribution is 2.46. The molecule has 0 aromatic heterocycles. The van der Waals surface area contributed by atoms with E-state index in [-0.39, 0.29) is 11.9 Å². The fraction of sp³-hybridized carbons (Fsp3) is 0.696. The maximum absolute atomic E-state index is 13.3. The highest BCUT2D eigenvalue weighted by molar-refractivity contribution is 7.97. The molecule has 2 aliphatic carbocycles. The third kappa shape index (κ3) is 4.95. The summed E-state index contributed by atoms with van der Waals surface area (Å²) in [5.74, 6) is 1.39. The van der Waals surface area contributed by atoms with Crippen LogP contribution in [0.2, 0.25) is 5.02 Å². The van der Waals surface area contributed by atoms with Crippen LogP contribution in [0.4, 0.5) is 0 Å². The largest absolute Gasteiger partial charge is 0.390 e. The summed E-state index contributed by atoms with van der Waals surface area (Å²) in [5, 5.41) is 14.7. The second-order valence-corrected chi connectivity index (χ2v) is 11.6. The molecule has 3 rings (SSSR count). The Morgan fingerprint density at radius 1 is 1.34 bits per heavy atom. The summed E-state index contributed by atoms with van der Waals surface area (Å²) in [5.41, 5.74) is -0.269. The van der Waals surface area contributed by atoms with E-state index in [4.69, 9.17) is 11.6 Å². The van der Waals surface area contributed by atoms with E-state index in [2.05, 4.69) is 12.2 Å². The average Bonchev–Trinajstić information content (AvgIpc) is 2.60. The summed E-state index contributed by atoms with van der Waals surface area (Å²) in [7, 11) is 1.95. The Morgan fingerprint density at radius 3 is 2.72 bits per heavy atom. The standard InChI is InChI=1S/C23H35ClN2O2S/c1-14-10-16-11-17(13-23(5,28)12-16)20(14)25-21(27)22(3,4)26(6)29-19-9-7-8-18(24)15(19)2/h7-9,14,16-17,20,28H,10-13H2,1-6H3,(H,25,27). The highest BCUT2D eigenvalue weighted by Gasteiger charge is 2.46. The van der Waals surface area contributed by atoms with Gasteiger partial charge in [0.15, 0.2) is 0 Å². The van der Waals surface area contributed by atoms with Crippen molar-refractivity contribution in [1.82, 2.24) is 9.62 Å². The Morgan fingerprint density at radius 2 is 2.03 bits per heavy atom. The highest BCUT2D eigenvalue weighted by atomic mass is 35.5. The first-order valence-electron chi connectivity index (χ1n) is 10.6. The molecule has 162 valence electrons. The quantitative estimate of drug-likeness (QED) is 0.631. The minimum Gasteiger partial charge on any atom is -0.390 e. The summed E-state index contributed by atoms with van der Waals surface area (Å²) in [6, 6.07) is 5.98. The number of hydrogen-bond donors (Lipinski definition) is 2. The third-order valence-corrected chi connectivity index (χ3v) is 8.77. The number of carbonyl (C=O) groups is 1. The van der Waals surface area contributed by atoms with Crippen molar-refractivity contribution < 1.29 is 9.90 Å². The molecule has 1 aromatic carbocycles. The Hall–Kier alpha value is -0.750. The van der Waals surface area contributed by atoms with Gasteiger partial charge in [0.1, 0.15) is 5.54 Å². The number of fused-ring (bicyclic) bond motifs is 2. The molecular formula is C23H35ClN2O2S. The Balaban J connectivity index is 1.70. The van der Waals surface area contributed by atoms with Crippen molar-refractivity contribution in [1.29, 1.82) is 0 Å². The minimum atomic E-state index is -0.687. The summed E-state index contributed by atoms with van der Waals surface area (Å²) in [6.07, 6.45) is 3.84. The number of halogens is 1. The van der Waals surface area contributed by atoms with E-state index in [9.17, 15) is 9.90 Å². The molecule has 2 fully saturated rings. The van der Waals surface area contributed by atoms with Crippen LogP contribution in [0.5, 0.6) is 0 Å². The summed E-state index contributed by atoms with van der Waals surface area (Å²) < 4.78 is 2.01. The predicted molar refractivity (Wildman–Crippen MR) is 121 cm³/mol.